The number of pyridine rings is 1. The van der Waals surface area contributed by atoms with Crippen LogP contribution in [0.4, 0.5) is 0 Å². The van der Waals surface area contributed by atoms with Crippen molar-refractivity contribution in [2.24, 2.45) is 5.73 Å². The second-order valence-corrected chi connectivity index (χ2v) is 5.07. The maximum Gasteiger partial charge on any atom is 0.137 e. The molecule has 3 N–H and O–H groups in total. The molecule has 1 atom stereocenters. The predicted molar refractivity (Wildman–Crippen MR) is 71.0 cm³/mol. The van der Waals surface area contributed by atoms with E-state index in [4.69, 9.17) is 5.73 Å². The molecule has 0 radical (unpaired) electrons. The van der Waals surface area contributed by atoms with E-state index in [1.807, 2.05) is 12.3 Å². The smallest absolute Gasteiger partial charge is 0.137 e. The molecule has 0 saturated carbocycles. The van der Waals surface area contributed by atoms with E-state index in [0.29, 0.717) is 0 Å². The van der Waals surface area contributed by atoms with Crippen LogP contribution in [0.25, 0.3) is 11.0 Å². The van der Waals surface area contributed by atoms with Crippen LogP contribution in [-0.2, 0) is 6.42 Å². The van der Waals surface area contributed by atoms with Gasteiger partial charge in [-0.25, -0.2) is 4.98 Å². The fourth-order valence-electron chi connectivity index (χ4n) is 2.04. The van der Waals surface area contributed by atoms with Crippen LogP contribution in [0.1, 0.15) is 16.5 Å². The molecular formula is C13H13N3S. The van der Waals surface area contributed by atoms with Gasteiger partial charge in [-0.3, -0.25) is 0 Å². The molecule has 0 aliphatic carbocycles. The fourth-order valence-corrected chi connectivity index (χ4v) is 2.80. The van der Waals surface area contributed by atoms with Gasteiger partial charge >= 0.3 is 0 Å². The number of nitrogens with two attached hydrogens (primary N) is 1. The lowest BCUT2D eigenvalue weighted by Gasteiger charge is -2.08. The quantitative estimate of drug-likeness (QED) is 0.743. The van der Waals surface area contributed by atoms with Crippen LogP contribution >= 0.6 is 11.3 Å². The van der Waals surface area contributed by atoms with Crippen LogP contribution in [0.15, 0.2) is 42.0 Å². The standard InChI is InChI=1S/C13H13N3S/c14-12(7-9-3-2-6-17-9)11-8-16-13-10(11)4-1-5-15-13/h1-6,8,12H,7,14H2,(H,15,16). The summed E-state index contributed by atoms with van der Waals surface area (Å²) in [5.41, 5.74) is 8.30. The first-order chi connectivity index (χ1) is 8.34. The van der Waals surface area contributed by atoms with E-state index in [-0.39, 0.29) is 6.04 Å². The summed E-state index contributed by atoms with van der Waals surface area (Å²) in [5.74, 6) is 0. The molecule has 86 valence electrons. The molecule has 3 nitrogen and oxygen atoms in total. The van der Waals surface area contributed by atoms with Crippen LogP contribution in [-0.4, -0.2) is 9.97 Å². The second-order valence-electron chi connectivity index (χ2n) is 4.03. The molecule has 3 aromatic heterocycles. The van der Waals surface area contributed by atoms with Crippen molar-refractivity contribution >= 4 is 22.4 Å². The van der Waals surface area contributed by atoms with Crippen molar-refractivity contribution in [3.63, 3.8) is 0 Å². The zero-order valence-corrected chi connectivity index (χ0v) is 10.1. The number of thiophene rings is 1. The molecule has 0 aliphatic heterocycles. The normalized spacial score (nSPS) is 13.0. The van der Waals surface area contributed by atoms with Crippen molar-refractivity contribution in [3.05, 3.63) is 52.5 Å². The first kappa shape index (κ1) is 10.5. The van der Waals surface area contributed by atoms with Crippen LogP contribution in [0.2, 0.25) is 0 Å². The summed E-state index contributed by atoms with van der Waals surface area (Å²) in [6, 6.07) is 8.20. The van der Waals surface area contributed by atoms with Gasteiger partial charge < -0.3 is 10.7 Å². The molecule has 3 rings (SSSR count). The number of aromatic nitrogens is 2. The Kier molecular flexibility index (Phi) is 2.66. The van der Waals surface area contributed by atoms with E-state index >= 15 is 0 Å². The minimum Gasteiger partial charge on any atom is -0.346 e. The number of nitrogens with one attached hydrogen (secondary N) is 1. The Hall–Kier alpha value is -1.65. The van der Waals surface area contributed by atoms with Gasteiger partial charge in [0.05, 0.1) is 0 Å². The average Bonchev–Trinajstić information content (AvgIpc) is 2.96. The molecule has 4 heteroatoms. The van der Waals surface area contributed by atoms with Crippen LogP contribution in [0, 0.1) is 0 Å². The Bertz CT molecular complexity index is 612. The van der Waals surface area contributed by atoms with Crippen molar-refractivity contribution in [3.8, 4) is 0 Å². The molecule has 3 heterocycles. The SMILES string of the molecule is NC(Cc1cccs1)c1c[nH]c2ncccc12. The van der Waals surface area contributed by atoms with Gasteiger partial charge in [0.2, 0.25) is 0 Å². The maximum absolute atomic E-state index is 6.26. The molecule has 17 heavy (non-hydrogen) atoms. The Morgan fingerprint density at radius 3 is 3.12 bits per heavy atom. The van der Waals surface area contributed by atoms with E-state index in [2.05, 4.69) is 33.5 Å². The summed E-state index contributed by atoms with van der Waals surface area (Å²) >= 11 is 1.75. The number of hydrogen-bond acceptors (Lipinski definition) is 3. The molecule has 0 bridgehead atoms. The van der Waals surface area contributed by atoms with Crippen LogP contribution in [0.3, 0.4) is 0 Å². The van der Waals surface area contributed by atoms with Gasteiger partial charge in [0.1, 0.15) is 5.65 Å². The van der Waals surface area contributed by atoms with E-state index in [0.717, 1.165) is 23.0 Å². The first-order valence-corrected chi connectivity index (χ1v) is 6.42. The highest BCUT2D eigenvalue weighted by molar-refractivity contribution is 7.09. The van der Waals surface area contributed by atoms with Crippen molar-refractivity contribution < 1.29 is 0 Å². The lowest BCUT2D eigenvalue weighted by Crippen LogP contribution is -2.12. The average molecular weight is 243 g/mol. The number of H-pyrrole nitrogens is 1. The van der Waals surface area contributed by atoms with Crippen molar-refractivity contribution in [1.82, 2.24) is 9.97 Å². The largest absolute Gasteiger partial charge is 0.346 e. The van der Waals surface area contributed by atoms with E-state index in [9.17, 15) is 0 Å². The van der Waals surface area contributed by atoms with E-state index < -0.39 is 0 Å². The maximum atomic E-state index is 6.26. The third-order valence-corrected chi connectivity index (χ3v) is 3.78. The molecule has 1 unspecified atom stereocenters. The molecule has 0 fully saturated rings. The summed E-state index contributed by atoms with van der Waals surface area (Å²) in [7, 11) is 0. The van der Waals surface area contributed by atoms with Crippen molar-refractivity contribution in [2.45, 2.75) is 12.5 Å². The molecule has 3 aromatic rings. The third-order valence-electron chi connectivity index (χ3n) is 2.88. The minimum absolute atomic E-state index is 0.0200. The van der Waals surface area contributed by atoms with Gasteiger partial charge in [-0.15, -0.1) is 11.3 Å². The molecule has 0 aliphatic rings. The summed E-state index contributed by atoms with van der Waals surface area (Å²) in [6.07, 6.45) is 4.63. The van der Waals surface area contributed by atoms with Gasteiger partial charge in [-0.05, 0) is 29.1 Å². The number of aromatic amines is 1. The van der Waals surface area contributed by atoms with Gasteiger partial charge in [-0.2, -0.15) is 0 Å². The number of nitrogens with zero attached hydrogens (tertiary/aromatic N) is 1. The Morgan fingerprint density at radius 1 is 1.35 bits per heavy atom. The number of fused-ring (bicyclic) bond motifs is 1. The molecule has 0 spiro atoms. The van der Waals surface area contributed by atoms with Crippen LogP contribution < -0.4 is 5.73 Å². The monoisotopic (exact) mass is 243 g/mol. The first-order valence-electron chi connectivity index (χ1n) is 5.54. The lowest BCUT2D eigenvalue weighted by atomic mass is 10.0. The van der Waals surface area contributed by atoms with Crippen molar-refractivity contribution in [2.75, 3.05) is 0 Å². The van der Waals surface area contributed by atoms with Gasteiger partial charge in [0.25, 0.3) is 0 Å². The molecular weight excluding hydrogens is 230 g/mol. The zero-order chi connectivity index (χ0) is 11.7. The fraction of sp³-hybridized carbons (Fsp3) is 0.154. The topological polar surface area (TPSA) is 54.7 Å². The predicted octanol–water partition coefficient (Wildman–Crippen LogP) is 2.87. The van der Waals surface area contributed by atoms with Gasteiger partial charge in [-0.1, -0.05) is 6.07 Å². The lowest BCUT2D eigenvalue weighted by molar-refractivity contribution is 0.736. The zero-order valence-electron chi connectivity index (χ0n) is 9.26. The highest BCUT2D eigenvalue weighted by Gasteiger charge is 2.12. The summed E-state index contributed by atoms with van der Waals surface area (Å²) in [4.78, 5) is 8.75. The number of rotatable bonds is 3. The molecule has 0 saturated heterocycles. The Balaban J connectivity index is 1.93. The van der Waals surface area contributed by atoms with Crippen molar-refractivity contribution in [1.29, 1.82) is 0 Å². The Labute approximate surface area is 103 Å². The summed E-state index contributed by atoms with van der Waals surface area (Å²) in [5, 5.41) is 3.20. The van der Waals surface area contributed by atoms with Gasteiger partial charge in [0.15, 0.2) is 0 Å². The van der Waals surface area contributed by atoms with Gasteiger partial charge in [0, 0.05) is 35.1 Å². The number of hydrogen-bond donors (Lipinski definition) is 2. The van der Waals surface area contributed by atoms with E-state index in [1.54, 1.807) is 17.5 Å². The minimum atomic E-state index is 0.0200. The Morgan fingerprint density at radius 2 is 2.29 bits per heavy atom. The summed E-state index contributed by atoms with van der Waals surface area (Å²) in [6.45, 7) is 0. The molecule has 0 amide bonds. The third kappa shape index (κ3) is 1.97. The summed E-state index contributed by atoms with van der Waals surface area (Å²) < 4.78 is 0. The highest BCUT2D eigenvalue weighted by atomic mass is 32.1. The molecule has 0 aromatic carbocycles. The second kappa shape index (κ2) is 4.31. The highest BCUT2D eigenvalue weighted by Crippen LogP contribution is 2.25. The van der Waals surface area contributed by atoms with Crippen LogP contribution in [0.5, 0.6) is 0 Å². The van der Waals surface area contributed by atoms with E-state index in [1.165, 1.54) is 4.88 Å².